The van der Waals surface area contributed by atoms with Gasteiger partial charge in [0.15, 0.2) is 0 Å². The molecule has 4 aromatic rings. The van der Waals surface area contributed by atoms with Gasteiger partial charge in [-0.15, -0.1) is 0 Å². The van der Waals surface area contributed by atoms with E-state index in [1.807, 2.05) is 36.4 Å². The number of carbonyl (C=O) groups excluding carboxylic acids is 2. The van der Waals surface area contributed by atoms with E-state index >= 15 is 0 Å². The molecule has 3 aromatic carbocycles. The highest BCUT2D eigenvalue weighted by Crippen LogP contribution is 2.34. The molecule has 1 aromatic heterocycles. The maximum absolute atomic E-state index is 13.2. The number of primary amides is 1. The van der Waals surface area contributed by atoms with Crippen LogP contribution in [0.25, 0.3) is 32.9 Å². The second-order valence-corrected chi connectivity index (χ2v) is 8.21. The lowest BCUT2D eigenvalue weighted by atomic mass is 9.98. The zero-order valence-corrected chi connectivity index (χ0v) is 20.1. The van der Waals surface area contributed by atoms with Gasteiger partial charge < -0.3 is 29.8 Å². The molecule has 0 atom stereocenters. The monoisotopic (exact) mass is 475 g/mol. The van der Waals surface area contributed by atoms with E-state index in [0.29, 0.717) is 42.9 Å². The van der Waals surface area contributed by atoms with Gasteiger partial charge in [0.1, 0.15) is 5.75 Å². The van der Waals surface area contributed by atoms with Gasteiger partial charge in [-0.2, -0.15) is 0 Å². The molecule has 0 spiro atoms. The number of aromatic nitrogens is 1. The first-order valence-corrected chi connectivity index (χ1v) is 11.3. The fourth-order valence-electron chi connectivity index (χ4n) is 4.20. The minimum Gasteiger partial charge on any atom is -0.497 e. The number of rotatable bonds is 10. The van der Waals surface area contributed by atoms with Crippen LogP contribution < -0.4 is 10.5 Å². The average molecular weight is 476 g/mol. The van der Waals surface area contributed by atoms with Crippen LogP contribution in [0.1, 0.15) is 20.7 Å². The predicted octanol–water partition coefficient (Wildman–Crippen LogP) is 3.83. The Kier molecular flexibility index (Phi) is 7.33. The molecule has 0 saturated heterocycles. The molecule has 1 heterocycles. The van der Waals surface area contributed by atoms with Crippen LogP contribution in [0.3, 0.4) is 0 Å². The molecular formula is C27H29N3O5. The summed E-state index contributed by atoms with van der Waals surface area (Å²) in [5.74, 6) is 0.0663. The van der Waals surface area contributed by atoms with Gasteiger partial charge in [0.2, 0.25) is 0 Å². The van der Waals surface area contributed by atoms with Crippen molar-refractivity contribution in [3.05, 3.63) is 65.7 Å². The number of aromatic amines is 1. The average Bonchev–Trinajstić information content (AvgIpc) is 3.25. The van der Waals surface area contributed by atoms with Crippen LogP contribution in [-0.4, -0.2) is 69.3 Å². The summed E-state index contributed by atoms with van der Waals surface area (Å²) in [5, 5.41) is 1.74. The molecule has 182 valence electrons. The molecule has 3 N–H and O–H groups in total. The number of methoxy groups -OCH3 is 3. The lowest BCUT2D eigenvalue weighted by molar-refractivity contribution is 0.0627. The van der Waals surface area contributed by atoms with Crippen LogP contribution >= 0.6 is 0 Å². The molecule has 35 heavy (non-hydrogen) atoms. The first-order chi connectivity index (χ1) is 17.0. The standard InChI is InChI=1S/C27H29N3O5/c1-33-11-9-30(10-12-34-2)27(32)18-7-8-21-22-14-19(17-5-4-6-20(13-17)35-3)15-23(26(28)31)25(22)29-24(21)16-18/h4-8,13-16,29H,9-12H2,1-3H3,(H2,28,31). The minimum absolute atomic E-state index is 0.119. The summed E-state index contributed by atoms with van der Waals surface area (Å²) in [5.41, 5.74) is 9.79. The van der Waals surface area contributed by atoms with Crippen molar-refractivity contribution >= 4 is 33.6 Å². The van der Waals surface area contributed by atoms with Crippen LogP contribution in [0.15, 0.2) is 54.6 Å². The second kappa shape index (κ2) is 10.6. The van der Waals surface area contributed by atoms with E-state index in [-0.39, 0.29) is 5.91 Å². The van der Waals surface area contributed by atoms with Crippen molar-refractivity contribution in [2.75, 3.05) is 47.6 Å². The highest BCUT2D eigenvalue weighted by atomic mass is 16.5. The van der Waals surface area contributed by atoms with Crippen LogP contribution in [0.2, 0.25) is 0 Å². The van der Waals surface area contributed by atoms with E-state index in [9.17, 15) is 9.59 Å². The van der Waals surface area contributed by atoms with Gasteiger partial charge in [-0.25, -0.2) is 0 Å². The number of hydrogen-bond acceptors (Lipinski definition) is 5. The fourth-order valence-corrected chi connectivity index (χ4v) is 4.20. The normalized spacial score (nSPS) is 11.2. The van der Waals surface area contributed by atoms with Gasteiger partial charge in [-0.1, -0.05) is 18.2 Å². The number of amides is 2. The molecule has 2 amide bonds. The Morgan fingerprint density at radius 1 is 0.886 bits per heavy atom. The van der Waals surface area contributed by atoms with Crippen molar-refractivity contribution in [2.24, 2.45) is 5.73 Å². The van der Waals surface area contributed by atoms with Crippen molar-refractivity contribution < 1.29 is 23.8 Å². The Bertz CT molecular complexity index is 1370. The molecule has 0 aliphatic carbocycles. The number of hydrogen-bond donors (Lipinski definition) is 2. The summed E-state index contributed by atoms with van der Waals surface area (Å²) in [7, 11) is 4.82. The quantitative estimate of drug-likeness (QED) is 0.363. The third-order valence-electron chi connectivity index (χ3n) is 6.04. The number of fused-ring (bicyclic) bond motifs is 3. The number of ether oxygens (including phenoxy) is 3. The highest BCUT2D eigenvalue weighted by molar-refractivity contribution is 6.17. The first-order valence-electron chi connectivity index (χ1n) is 11.3. The highest BCUT2D eigenvalue weighted by Gasteiger charge is 2.19. The van der Waals surface area contributed by atoms with Crippen molar-refractivity contribution in [1.82, 2.24) is 9.88 Å². The molecule has 0 aliphatic rings. The summed E-state index contributed by atoms with van der Waals surface area (Å²) in [6.07, 6.45) is 0. The summed E-state index contributed by atoms with van der Waals surface area (Å²) >= 11 is 0. The van der Waals surface area contributed by atoms with Gasteiger partial charge in [-0.3, -0.25) is 9.59 Å². The van der Waals surface area contributed by atoms with Crippen molar-refractivity contribution in [3.8, 4) is 16.9 Å². The van der Waals surface area contributed by atoms with Gasteiger partial charge in [0.05, 0.1) is 31.4 Å². The van der Waals surface area contributed by atoms with Crippen molar-refractivity contribution in [3.63, 3.8) is 0 Å². The van der Waals surface area contributed by atoms with E-state index < -0.39 is 5.91 Å². The van der Waals surface area contributed by atoms with E-state index in [4.69, 9.17) is 19.9 Å². The first kappa shape index (κ1) is 24.3. The smallest absolute Gasteiger partial charge is 0.254 e. The lowest BCUT2D eigenvalue weighted by Gasteiger charge is -2.22. The number of carbonyl (C=O) groups is 2. The fraction of sp³-hybridized carbons (Fsp3) is 0.259. The number of nitrogens with zero attached hydrogens (tertiary/aromatic N) is 1. The predicted molar refractivity (Wildman–Crippen MR) is 136 cm³/mol. The molecule has 0 aliphatic heterocycles. The van der Waals surface area contributed by atoms with Gasteiger partial charge in [0.25, 0.3) is 11.8 Å². The minimum atomic E-state index is -0.534. The molecular weight excluding hydrogens is 446 g/mol. The lowest BCUT2D eigenvalue weighted by Crippen LogP contribution is -2.36. The Balaban J connectivity index is 1.80. The summed E-state index contributed by atoms with van der Waals surface area (Å²) in [6, 6.07) is 16.9. The summed E-state index contributed by atoms with van der Waals surface area (Å²) < 4.78 is 15.7. The Morgan fingerprint density at radius 2 is 1.63 bits per heavy atom. The van der Waals surface area contributed by atoms with Crippen LogP contribution in [-0.2, 0) is 9.47 Å². The van der Waals surface area contributed by atoms with Crippen molar-refractivity contribution in [1.29, 1.82) is 0 Å². The zero-order valence-electron chi connectivity index (χ0n) is 20.1. The number of benzene rings is 3. The van der Waals surface area contributed by atoms with E-state index in [1.165, 1.54) is 0 Å². The number of nitrogens with one attached hydrogen (secondary N) is 1. The van der Waals surface area contributed by atoms with Crippen LogP contribution in [0, 0.1) is 0 Å². The van der Waals surface area contributed by atoms with E-state index in [0.717, 1.165) is 33.2 Å². The molecule has 0 unspecified atom stereocenters. The molecule has 0 radical (unpaired) electrons. The van der Waals surface area contributed by atoms with Crippen LogP contribution in [0.5, 0.6) is 5.75 Å². The molecule has 0 bridgehead atoms. The second-order valence-electron chi connectivity index (χ2n) is 8.21. The number of H-pyrrole nitrogens is 1. The van der Waals surface area contributed by atoms with E-state index in [1.54, 1.807) is 44.4 Å². The molecule has 4 rings (SSSR count). The van der Waals surface area contributed by atoms with Gasteiger partial charge >= 0.3 is 0 Å². The maximum Gasteiger partial charge on any atom is 0.254 e. The summed E-state index contributed by atoms with van der Waals surface area (Å²) in [6.45, 7) is 1.77. The summed E-state index contributed by atoms with van der Waals surface area (Å²) in [4.78, 5) is 30.6. The maximum atomic E-state index is 13.2. The Hall–Kier alpha value is -3.88. The largest absolute Gasteiger partial charge is 0.497 e. The third kappa shape index (κ3) is 4.99. The Labute approximate surface area is 203 Å². The van der Waals surface area contributed by atoms with Gasteiger partial charge in [0, 0.05) is 49.2 Å². The molecule has 8 nitrogen and oxygen atoms in total. The van der Waals surface area contributed by atoms with Crippen LogP contribution in [0.4, 0.5) is 0 Å². The van der Waals surface area contributed by atoms with Gasteiger partial charge in [-0.05, 0) is 47.5 Å². The zero-order chi connectivity index (χ0) is 24.9. The van der Waals surface area contributed by atoms with E-state index in [2.05, 4.69) is 4.98 Å². The molecule has 8 heteroatoms. The topological polar surface area (TPSA) is 107 Å². The third-order valence-corrected chi connectivity index (χ3v) is 6.04. The number of nitrogens with two attached hydrogens (primary N) is 1. The van der Waals surface area contributed by atoms with Crippen molar-refractivity contribution in [2.45, 2.75) is 0 Å². The molecule has 0 fully saturated rings. The Morgan fingerprint density at radius 3 is 2.29 bits per heavy atom. The SMILES string of the molecule is COCCN(CCOC)C(=O)c1ccc2c(c1)[nH]c1c(C(N)=O)cc(-c3cccc(OC)c3)cc12. The molecule has 0 saturated carbocycles.